The Morgan fingerprint density at radius 1 is 0.907 bits per heavy atom. The molecule has 3 amide bonds. The Morgan fingerprint density at radius 3 is 2.30 bits per heavy atom. The van der Waals surface area contributed by atoms with Crippen LogP contribution in [0.2, 0.25) is 0 Å². The summed E-state index contributed by atoms with van der Waals surface area (Å²) in [5.74, 6) is -1.23. The number of anilines is 2. The van der Waals surface area contributed by atoms with Gasteiger partial charge in [-0.1, -0.05) is 52.3 Å². The number of rotatable bonds is 10. The van der Waals surface area contributed by atoms with Gasteiger partial charge < -0.3 is 16.0 Å². The zero-order chi connectivity index (χ0) is 30.9. The molecule has 4 rings (SSSR count). The van der Waals surface area contributed by atoms with E-state index in [1.54, 1.807) is 80.6 Å². The minimum atomic E-state index is -0.510. The Balaban J connectivity index is 1.43. The van der Waals surface area contributed by atoms with Crippen LogP contribution in [-0.4, -0.2) is 27.9 Å². The van der Waals surface area contributed by atoms with Gasteiger partial charge in [-0.15, -0.1) is 11.8 Å². The van der Waals surface area contributed by atoms with E-state index in [1.807, 2.05) is 24.3 Å². The normalized spacial score (nSPS) is 11.7. The Bertz CT molecular complexity index is 1690. The lowest BCUT2D eigenvalue weighted by molar-refractivity contribution is -0.384. The maximum atomic E-state index is 13.3. The van der Waals surface area contributed by atoms with Crippen LogP contribution in [0.25, 0.3) is 6.08 Å². The highest BCUT2D eigenvalue weighted by molar-refractivity contribution is 9.10. The van der Waals surface area contributed by atoms with Crippen LogP contribution in [0.4, 0.5) is 17.1 Å². The summed E-state index contributed by atoms with van der Waals surface area (Å²) in [6, 6.07) is 27.2. The molecular weight excluding hydrogens is 632 g/mol. The van der Waals surface area contributed by atoms with Crippen molar-refractivity contribution < 1.29 is 19.3 Å². The van der Waals surface area contributed by atoms with Crippen molar-refractivity contribution >= 4 is 68.6 Å². The first-order chi connectivity index (χ1) is 20.6. The molecule has 3 N–H and O–H groups in total. The van der Waals surface area contributed by atoms with Crippen molar-refractivity contribution in [1.29, 1.82) is 0 Å². The lowest BCUT2D eigenvalue weighted by atomic mass is 10.1. The molecule has 0 radical (unpaired) electrons. The van der Waals surface area contributed by atoms with Crippen molar-refractivity contribution in [2.75, 3.05) is 10.6 Å². The van der Waals surface area contributed by atoms with Crippen molar-refractivity contribution in [3.63, 3.8) is 0 Å². The van der Waals surface area contributed by atoms with Crippen LogP contribution in [0.3, 0.4) is 0 Å². The molecule has 218 valence electrons. The molecule has 0 spiro atoms. The molecular formula is C32H27BrN4O5S. The van der Waals surface area contributed by atoms with Crippen molar-refractivity contribution in [3.8, 4) is 0 Å². The minimum absolute atomic E-state index is 0.0622. The number of nitrogens with zero attached hydrogens (tertiary/aromatic N) is 1. The number of thioether (sulfide) groups is 1. The Kier molecular flexibility index (Phi) is 10.5. The maximum Gasteiger partial charge on any atom is 0.272 e. The first-order valence-electron chi connectivity index (χ1n) is 13.1. The third-order valence-corrected chi connectivity index (χ3v) is 7.78. The summed E-state index contributed by atoms with van der Waals surface area (Å²) in [5, 5.41) is 18.9. The molecule has 0 aliphatic rings. The molecule has 0 fully saturated rings. The van der Waals surface area contributed by atoms with Gasteiger partial charge in [-0.05, 0) is 79.6 Å². The van der Waals surface area contributed by atoms with Crippen LogP contribution in [0.5, 0.6) is 0 Å². The van der Waals surface area contributed by atoms with Gasteiger partial charge in [-0.3, -0.25) is 24.5 Å². The van der Waals surface area contributed by atoms with E-state index >= 15 is 0 Å². The Labute approximate surface area is 261 Å². The number of nitro groups is 1. The van der Waals surface area contributed by atoms with Crippen LogP contribution >= 0.6 is 27.7 Å². The molecule has 11 heteroatoms. The number of carbonyl (C=O) groups is 3. The van der Waals surface area contributed by atoms with Gasteiger partial charge in [-0.25, -0.2) is 0 Å². The predicted octanol–water partition coefficient (Wildman–Crippen LogP) is 7.19. The van der Waals surface area contributed by atoms with Gasteiger partial charge >= 0.3 is 0 Å². The molecule has 0 heterocycles. The average molecular weight is 660 g/mol. The molecule has 0 bridgehead atoms. The summed E-state index contributed by atoms with van der Waals surface area (Å²) in [5.41, 5.74) is 2.68. The van der Waals surface area contributed by atoms with Gasteiger partial charge in [0.1, 0.15) is 5.70 Å². The summed E-state index contributed by atoms with van der Waals surface area (Å²) >= 11 is 4.72. The van der Waals surface area contributed by atoms with Crippen molar-refractivity contribution in [3.05, 3.63) is 134 Å². The highest BCUT2D eigenvalue weighted by atomic mass is 79.9. The highest BCUT2D eigenvalue weighted by Gasteiger charge is 2.18. The maximum absolute atomic E-state index is 13.3. The first kappa shape index (κ1) is 31.2. The second-order valence-electron chi connectivity index (χ2n) is 9.42. The number of halogens is 1. The van der Waals surface area contributed by atoms with Gasteiger partial charge in [0.2, 0.25) is 5.91 Å². The van der Waals surface area contributed by atoms with Crippen LogP contribution < -0.4 is 16.0 Å². The highest BCUT2D eigenvalue weighted by Crippen LogP contribution is 2.27. The summed E-state index contributed by atoms with van der Waals surface area (Å²) < 4.78 is 0.826. The van der Waals surface area contributed by atoms with Crippen molar-refractivity contribution in [2.45, 2.75) is 24.0 Å². The third kappa shape index (κ3) is 8.87. The average Bonchev–Trinajstić information content (AvgIpc) is 2.99. The molecule has 0 saturated heterocycles. The Morgan fingerprint density at radius 2 is 1.63 bits per heavy atom. The van der Waals surface area contributed by atoms with Gasteiger partial charge in [0.25, 0.3) is 17.5 Å². The molecule has 0 aliphatic heterocycles. The van der Waals surface area contributed by atoms with Crippen LogP contribution in [-0.2, 0) is 9.59 Å². The zero-order valence-electron chi connectivity index (χ0n) is 23.2. The second kappa shape index (κ2) is 14.4. The van der Waals surface area contributed by atoms with Crippen LogP contribution in [0, 0.1) is 17.0 Å². The van der Waals surface area contributed by atoms with E-state index in [1.165, 1.54) is 23.9 Å². The number of hydrogen-bond acceptors (Lipinski definition) is 6. The Hall–Kier alpha value is -4.74. The SMILES string of the molecule is Cc1ccc([N+](=O)[O-])cc1NC(=O)C(C)Sc1ccc(NC(=O)/C(=C/c2cccc(Br)c2)NC(=O)c2ccccc2)cc1. The van der Waals surface area contributed by atoms with E-state index in [0.29, 0.717) is 28.1 Å². The zero-order valence-corrected chi connectivity index (χ0v) is 25.6. The topological polar surface area (TPSA) is 130 Å². The number of hydrogen-bond donors (Lipinski definition) is 3. The fraction of sp³-hybridized carbons (Fsp3) is 0.0938. The molecule has 0 saturated carbocycles. The molecule has 0 aliphatic carbocycles. The minimum Gasteiger partial charge on any atom is -0.325 e. The van der Waals surface area contributed by atoms with E-state index < -0.39 is 22.0 Å². The van der Waals surface area contributed by atoms with E-state index in [9.17, 15) is 24.5 Å². The standard InChI is InChI=1S/C32H27BrN4O5S/c1-20-11-14-26(37(41)42)19-28(20)35-30(38)21(2)43-27-15-12-25(13-16-27)34-32(40)29(18-22-7-6-10-24(33)17-22)36-31(39)23-8-4-3-5-9-23/h3-19,21H,1-2H3,(H,34,40)(H,35,38)(H,36,39)/b29-18-. The summed E-state index contributed by atoms with van der Waals surface area (Å²) in [7, 11) is 0. The molecule has 1 atom stereocenters. The summed E-state index contributed by atoms with van der Waals surface area (Å²) in [4.78, 5) is 50.3. The fourth-order valence-electron chi connectivity index (χ4n) is 3.87. The van der Waals surface area contributed by atoms with E-state index in [-0.39, 0.29) is 17.3 Å². The number of aryl methyl sites for hydroxylation is 1. The molecule has 43 heavy (non-hydrogen) atoms. The fourth-order valence-corrected chi connectivity index (χ4v) is 5.16. The molecule has 1 unspecified atom stereocenters. The van der Waals surface area contributed by atoms with Gasteiger partial charge in [0.05, 0.1) is 15.9 Å². The summed E-state index contributed by atoms with van der Waals surface area (Å²) in [6.45, 7) is 3.49. The second-order valence-corrected chi connectivity index (χ2v) is 11.7. The van der Waals surface area contributed by atoms with E-state index in [2.05, 4.69) is 31.9 Å². The van der Waals surface area contributed by atoms with E-state index in [0.717, 1.165) is 9.37 Å². The van der Waals surface area contributed by atoms with Crippen LogP contribution in [0.15, 0.2) is 112 Å². The largest absolute Gasteiger partial charge is 0.325 e. The van der Waals surface area contributed by atoms with Crippen molar-refractivity contribution in [2.24, 2.45) is 0 Å². The van der Waals surface area contributed by atoms with Crippen molar-refractivity contribution in [1.82, 2.24) is 5.32 Å². The van der Waals surface area contributed by atoms with Crippen LogP contribution in [0.1, 0.15) is 28.4 Å². The third-order valence-electron chi connectivity index (χ3n) is 6.17. The number of nitrogens with one attached hydrogen (secondary N) is 3. The summed E-state index contributed by atoms with van der Waals surface area (Å²) in [6.07, 6.45) is 1.59. The molecule has 9 nitrogen and oxygen atoms in total. The van der Waals surface area contributed by atoms with Gasteiger partial charge in [-0.2, -0.15) is 0 Å². The smallest absolute Gasteiger partial charge is 0.272 e. The number of carbonyl (C=O) groups excluding carboxylic acids is 3. The quantitative estimate of drug-likeness (QED) is 0.0715. The molecule has 4 aromatic carbocycles. The number of non-ortho nitro benzene ring substituents is 1. The van der Waals surface area contributed by atoms with E-state index in [4.69, 9.17) is 0 Å². The molecule has 4 aromatic rings. The first-order valence-corrected chi connectivity index (χ1v) is 14.7. The molecule has 0 aromatic heterocycles. The monoisotopic (exact) mass is 658 g/mol. The van der Waals surface area contributed by atoms with Gasteiger partial charge in [0, 0.05) is 32.8 Å². The lowest BCUT2D eigenvalue weighted by Crippen LogP contribution is -2.30. The number of benzene rings is 4. The van der Waals surface area contributed by atoms with Gasteiger partial charge in [0.15, 0.2) is 0 Å². The predicted molar refractivity (Wildman–Crippen MR) is 173 cm³/mol. The number of nitro benzene ring substituents is 1. The lowest BCUT2D eigenvalue weighted by Gasteiger charge is -2.14. The number of amides is 3.